The van der Waals surface area contributed by atoms with Crippen molar-refractivity contribution in [3.63, 3.8) is 0 Å². The van der Waals surface area contributed by atoms with Crippen LogP contribution in [0.4, 0.5) is 5.13 Å². The summed E-state index contributed by atoms with van der Waals surface area (Å²) in [6, 6.07) is 13.9. The third kappa shape index (κ3) is 4.05. The summed E-state index contributed by atoms with van der Waals surface area (Å²) in [6.07, 6.45) is 2.65. The molecule has 3 aromatic heterocycles. The smallest absolute Gasteiger partial charge is 0.250 e. The number of rotatable bonds is 6. The van der Waals surface area contributed by atoms with Crippen LogP contribution in [-0.4, -0.2) is 25.7 Å². The molecule has 1 amide bonds. The topological polar surface area (TPSA) is 63.9 Å². The Kier molecular flexibility index (Phi) is 5.40. The maximum Gasteiger partial charge on any atom is 0.250 e. The van der Waals surface area contributed by atoms with Gasteiger partial charge >= 0.3 is 0 Å². The number of para-hydroxylation sites is 1. The molecule has 0 bridgehead atoms. The Labute approximate surface area is 173 Å². The summed E-state index contributed by atoms with van der Waals surface area (Å²) >= 11 is 1.54. The highest BCUT2D eigenvalue weighted by Gasteiger charge is 2.22. The summed E-state index contributed by atoms with van der Waals surface area (Å²) < 4.78 is 2.83. The van der Waals surface area contributed by atoms with Crippen molar-refractivity contribution in [2.45, 2.75) is 40.3 Å². The number of aromatic nitrogens is 4. The molecule has 0 saturated carbocycles. The van der Waals surface area contributed by atoms with Gasteiger partial charge in [-0.25, -0.2) is 4.98 Å². The van der Waals surface area contributed by atoms with Crippen LogP contribution in [0.25, 0.3) is 10.2 Å². The van der Waals surface area contributed by atoms with Crippen molar-refractivity contribution >= 4 is 32.6 Å². The lowest BCUT2D eigenvalue weighted by Gasteiger charge is -2.20. The molecule has 0 radical (unpaired) electrons. The molecule has 6 nitrogen and oxygen atoms in total. The second kappa shape index (κ2) is 8.13. The zero-order chi connectivity index (χ0) is 20.4. The Morgan fingerprint density at radius 1 is 1.17 bits per heavy atom. The molecular weight excluding hydrogens is 382 g/mol. The number of carbonyl (C=O) groups excluding carboxylic acids is 1. The molecule has 0 fully saturated rings. The summed E-state index contributed by atoms with van der Waals surface area (Å²) in [5, 5.41) is 5.13. The van der Waals surface area contributed by atoms with Crippen LogP contribution in [0, 0.1) is 13.8 Å². The fourth-order valence-corrected chi connectivity index (χ4v) is 4.39. The van der Waals surface area contributed by atoms with Crippen molar-refractivity contribution in [3.8, 4) is 0 Å². The number of anilines is 1. The molecule has 4 aromatic rings. The molecule has 3 heterocycles. The fraction of sp³-hybridized carbons (Fsp3) is 0.273. The van der Waals surface area contributed by atoms with E-state index in [9.17, 15) is 4.79 Å². The standard InChI is InChI=1S/C22H23N5OS/c1-4-17-8-7-10-19-21(17)24-22(29-19)26(13-18-9-5-6-11-23-18)20(28)14-27-16(3)12-15(2)25-27/h5-12H,4,13-14H2,1-3H3. The largest absolute Gasteiger partial charge is 0.280 e. The van der Waals surface area contributed by atoms with E-state index in [4.69, 9.17) is 4.98 Å². The fourth-order valence-electron chi connectivity index (χ4n) is 3.36. The van der Waals surface area contributed by atoms with Crippen LogP contribution >= 0.6 is 11.3 Å². The highest BCUT2D eigenvalue weighted by atomic mass is 32.1. The molecule has 0 aliphatic carbocycles. The summed E-state index contributed by atoms with van der Waals surface area (Å²) in [5.41, 5.74) is 4.85. The normalized spacial score (nSPS) is 11.1. The van der Waals surface area contributed by atoms with Crippen molar-refractivity contribution in [3.05, 3.63) is 71.3 Å². The van der Waals surface area contributed by atoms with E-state index in [0.29, 0.717) is 11.7 Å². The molecule has 0 unspecified atom stereocenters. The zero-order valence-electron chi connectivity index (χ0n) is 16.8. The van der Waals surface area contributed by atoms with Gasteiger partial charge in [0.2, 0.25) is 0 Å². The van der Waals surface area contributed by atoms with Crippen LogP contribution < -0.4 is 4.90 Å². The highest BCUT2D eigenvalue weighted by Crippen LogP contribution is 2.32. The van der Waals surface area contributed by atoms with Gasteiger partial charge in [0, 0.05) is 11.9 Å². The minimum Gasteiger partial charge on any atom is -0.280 e. The zero-order valence-corrected chi connectivity index (χ0v) is 17.6. The van der Waals surface area contributed by atoms with E-state index in [1.807, 2.05) is 44.2 Å². The third-order valence-corrected chi connectivity index (χ3v) is 5.88. The Hall–Kier alpha value is -3.06. The van der Waals surface area contributed by atoms with E-state index >= 15 is 0 Å². The number of thiazole rings is 1. The van der Waals surface area contributed by atoms with Gasteiger partial charge in [0.15, 0.2) is 5.13 Å². The molecule has 29 heavy (non-hydrogen) atoms. The van der Waals surface area contributed by atoms with E-state index < -0.39 is 0 Å². The van der Waals surface area contributed by atoms with Gasteiger partial charge in [-0.15, -0.1) is 0 Å². The minimum absolute atomic E-state index is 0.0565. The van der Waals surface area contributed by atoms with Crippen LogP contribution in [-0.2, 0) is 24.3 Å². The quantitative estimate of drug-likeness (QED) is 0.480. The van der Waals surface area contributed by atoms with Crippen LogP contribution in [0.3, 0.4) is 0 Å². The van der Waals surface area contributed by atoms with E-state index in [1.165, 1.54) is 16.9 Å². The van der Waals surface area contributed by atoms with Gasteiger partial charge in [-0.05, 0) is 50.1 Å². The average molecular weight is 406 g/mol. The second-order valence-corrected chi connectivity index (χ2v) is 8.01. The van der Waals surface area contributed by atoms with Gasteiger partial charge in [-0.3, -0.25) is 19.4 Å². The number of fused-ring (bicyclic) bond motifs is 1. The summed E-state index contributed by atoms with van der Waals surface area (Å²) in [5.74, 6) is -0.0565. The molecule has 0 aliphatic rings. The van der Waals surface area contributed by atoms with Crippen LogP contribution in [0.5, 0.6) is 0 Å². The lowest BCUT2D eigenvalue weighted by Crippen LogP contribution is -2.34. The van der Waals surface area contributed by atoms with Crippen molar-refractivity contribution < 1.29 is 4.79 Å². The van der Waals surface area contributed by atoms with Gasteiger partial charge in [-0.2, -0.15) is 5.10 Å². The van der Waals surface area contributed by atoms with Crippen molar-refractivity contribution in [1.82, 2.24) is 19.7 Å². The second-order valence-electron chi connectivity index (χ2n) is 7.00. The summed E-state index contributed by atoms with van der Waals surface area (Å²) in [4.78, 5) is 24.3. The molecule has 0 spiro atoms. The first kappa shape index (κ1) is 19.3. The maximum absolute atomic E-state index is 13.3. The van der Waals surface area contributed by atoms with Crippen molar-refractivity contribution in [2.75, 3.05) is 4.90 Å². The predicted octanol–water partition coefficient (Wildman–Crippen LogP) is 4.30. The monoisotopic (exact) mass is 405 g/mol. The molecule has 0 atom stereocenters. The summed E-state index contributed by atoms with van der Waals surface area (Å²) in [7, 11) is 0. The number of aryl methyl sites for hydroxylation is 3. The van der Waals surface area contributed by atoms with E-state index in [2.05, 4.69) is 29.1 Å². The number of amides is 1. The Bertz CT molecular complexity index is 1150. The molecule has 0 N–H and O–H groups in total. The highest BCUT2D eigenvalue weighted by molar-refractivity contribution is 7.22. The lowest BCUT2D eigenvalue weighted by atomic mass is 10.1. The number of carbonyl (C=O) groups is 1. The van der Waals surface area contributed by atoms with Gasteiger partial charge < -0.3 is 0 Å². The maximum atomic E-state index is 13.3. The van der Waals surface area contributed by atoms with Gasteiger partial charge in [0.25, 0.3) is 5.91 Å². The van der Waals surface area contributed by atoms with Gasteiger partial charge in [-0.1, -0.05) is 36.5 Å². The molecule has 148 valence electrons. The first-order valence-corrected chi connectivity index (χ1v) is 10.5. The Morgan fingerprint density at radius 3 is 2.72 bits per heavy atom. The SMILES string of the molecule is CCc1cccc2sc(N(Cc3ccccn3)C(=O)Cn3nc(C)cc3C)nc12. The molecule has 1 aromatic carbocycles. The van der Waals surface area contributed by atoms with Crippen LogP contribution in [0.1, 0.15) is 29.6 Å². The first-order chi connectivity index (χ1) is 14.0. The third-order valence-electron chi connectivity index (χ3n) is 4.84. The van der Waals surface area contributed by atoms with Crippen LogP contribution in [0.15, 0.2) is 48.7 Å². The van der Waals surface area contributed by atoms with Crippen LogP contribution in [0.2, 0.25) is 0 Å². The Morgan fingerprint density at radius 2 is 2.03 bits per heavy atom. The summed E-state index contributed by atoms with van der Waals surface area (Å²) in [6.45, 7) is 6.55. The average Bonchev–Trinajstić information content (AvgIpc) is 3.29. The van der Waals surface area contributed by atoms with Gasteiger partial charge in [0.05, 0.1) is 28.1 Å². The Balaban J connectivity index is 1.72. The number of hydrogen-bond acceptors (Lipinski definition) is 5. The van der Waals surface area contributed by atoms with E-state index in [1.54, 1.807) is 15.8 Å². The first-order valence-electron chi connectivity index (χ1n) is 9.65. The van der Waals surface area contributed by atoms with Gasteiger partial charge in [0.1, 0.15) is 6.54 Å². The van der Waals surface area contributed by atoms with Crippen molar-refractivity contribution in [1.29, 1.82) is 0 Å². The number of hydrogen-bond donors (Lipinski definition) is 0. The minimum atomic E-state index is -0.0565. The molecule has 0 aliphatic heterocycles. The van der Waals surface area contributed by atoms with E-state index in [-0.39, 0.29) is 12.5 Å². The van der Waals surface area contributed by atoms with E-state index in [0.717, 1.165) is 33.7 Å². The number of nitrogens with zero attached hydrogens (tertiary/aromatic N) is 5. The number of benzene rings is 1. The molecule has 7 heteroatoms. The molecular formula is C22H23N5OS. The van der Waals surface area contributed by atoms with Crippen molar-refractivity contribution in [2.24, 2.45) is 0 Å². The number of pyridine rings is 1. The molecule has 0 saturated heterocycles. The molecule has 4 rings (SSSR count). The predicted molar refractivity (Wildman–Crippen MR) is 116 cm³/mol. The lowest BCUT2D eigenvalue weighted by molar-refractivity contribution is -0.119.